The molecule has 1 aromatic rings. The molecule has 2 aliphatic heterocycles. The van der Waals surface area contributed by atoms with Crippen LogP contribution in [-0.4, -0.2) is 87.8 Å². The summed E-state index contributed by atoms with van der Waals surface area (Å²) in [7, 11) is 1.69. The number of hydrogen-bond acceptors (Lipinski definition) is 5. The van der Waals surface area contributed by atoms with Crippen LogP contribution in [0.4, 0.5) is 10.5 Å². The fraction of sp³-hybridized carbons (Fsp3) is 0.692. The van der Waals surface area contributed by atoms with Crippen molar-refractivity contribution in [3.05, 3.63) is 24.3 Å². The summed E-state index contributed by atoms with van der Waals surface area (Å²) in [5.41, 5.74) is 1.17. The highest BCUT2D eigenvalue weighted by molar-refractivity contribution is 5.79. The zero-order valence-corrected chi connectivity index (χ0v) is 21.2. The van der Waals surface area contributed by atoms with Crippen LogP contribution in [0.15, 0.2) is 24.3 Å². The van der Waals surface area contributed by atoms with E-state index in [1.807, 2.05) is 17.0 Å². The van der Waals surface area contributed by atoms with E-state index in [1.165, 1.54) is 5.69 Å². The lowest BCUT2D eigenvalue weighted by Crippen LogP contribution is -2.48. The van der Waals surface area contributed by atoms with Crippen molar-refractivity contribution in [3.8, 4) is 5.75 Å². The van der Waals surface area contributed by atoms with Gasteiger partial charge in [0.15, 0.2) is 0 Å². The average Bonchev–Trinajstić information content (AvgIpc) is 3.36. The molecule has 3 rings (SSSR count). The lowest BCUT2D eigenvalue weighted by molar-refractivity contribution is -0.126. The molecule has 2 saturated heterocycles. The van der Waals surface area contributed by atoms with E-state index in [9.17, 15) is 9.59 Å². The van der Waals surface area contributed by atoms with Gasteiger partial charge < -0.3 is 30.1 Å². The number of urea groups is 1. The number of hydrogen-bond donors (Lipinski definition) is 2. The fourth-order valence-electron chi connectivity index (χ4n) is 4.93. The normalized spacial score (nSPS) is 18.9. The summed E-state index contributed by atoms with van der Waals surface area (Å²) in [6.07, 6.45) is 3.52. The van der Waals surface area contributed by atoms with E-state index in [1.54, 1.807) is 7.11 Å². The van der Waals surface area contributed by atoms with E-state index in [-0.39, 0.29) is 17.9 Å². The number of carbonyl (C=O) groups excluding carboxylic acids is 2. The average molecular weight is 474 g/mol. The molecular weight excluding hydrogens is 430 g/mol. The van der Waals surface area contributed by atoms with Crippen LogP contribution in [-0.2, 0) is 4.79 Å². The third-order valence-corrected chi connectivity index (χ3v) is 7.24. The summed E-state index contributed by atoms with van der Waals surface area (Å²) in [6, 6.07) is 8.14. The minimum atomic E-state index is -0.00193. The summed E-state index contributed by atoms with van der Waals surface area (Å²) >= 11 is 0. The van der Waals surface area contributed by atoms with Crippen molar-refractivity contribution in [2.45, 2.75) is 39.5 Å². The second-order valence-corrected chi connectivity index (χ2v) is 9.42. The summed E-state index contributed by atoms with van der Waals surface area (Å²) in [5.74, 6) is 1.47. The van der Waals surface area contributed by atoms with E-state index >= 15 is 0 Å². The van der Waals surface area contributed by atoms with Gasteiger partial charge in [-0.05, 0) is 63.4 Å². The summed E-state index contributed by atoms with van der Waals surface area (Å²) in [4.78, 5) is 31.7. The summed E-state index contributed by atoms with van der Waals surface area (Å²) < 4.78 is 5.34. The molecule has 34 heavy (non-hydrogen) atoms. The number of rotatable bonds is 11. The molecule has 8 nitrogen and oxygen atoms in total. The smallest absolute Gasteiger partial charge is 0.317 e. The number of nitrogens with one attached hydrogen (secondary N) is 2. The van der Waals surface area contributed by atoms with Crippen molar-refractivity contribution >= 4 is 17.6 Å². The minimum Gasteiger partial charge on any atom is -0.497 e. The maximum absolute atomic E-state index is 12.7. The van der Waals surface area contributed by atoms with Crippen LogP contribution in [0.3, 0.4) is 0 Å². The van der Waals surface area contributed by atoms with E-state index < -0.39 is 0 Å². The first kappa shape index (κ1) is 26.1. The van der Waals surface area contributed by atoms with Gasteiger partial charge >= 0.3 is 6.03 Å². The maximum Gasteiger partial charge on any atom is 0.317 e. The SMILES string of the molecule is CCN(CC)CCCNC(=O)C1CCN(C(=O)NCC2CCN(c3cccc(OC)c3)C2)CC1. The molecule has 1 aromatic carbocycles. The van der Waals surface area contributed by atoms with E-state index in [4.69, 9.17) is 4.74 Å². The molecule has 3 amide bonds. The van der Waals surface area contributed by atoms with Crippen LogP contribution >= 0.6 is 0 Å². The molecular formula is C26H43N5O3. The second kappa shape index (κ2) is 13.4. The number of anilines is 1. The second-order valence-electron chi connectivity index (χ2n) is 9.42. The summed E-state index contributed by atoms with van der Waals surface area (Å²) in [6.45, 7) is 12.1. The number of benzene rings is 1. The van der Waals surface area contributed by atoms with Crippen LogP contribution < -0.4 is 20.3 Å². The summed E-state index contributed by atoms with van der Waals surface area (Å²) in [5, 5.41) is 6.22. The zero-order valence-electron chi connectivity index (χ0n) is 21.2. The molecule has 1 atom stereocenters. The van der Waals surface area contributed by atoms with Gasteiger partial charge in [0.2, 0.25) is 5.91 Å². The Hall–Kier alpha value is -2.48. The molecule has 0 saturated carbocycles. The van der Waals surface area contributed by atoms with Gasteiger partial charge in [-0.2, -0.15) is 0 Å². The Morgan fingerprint density at radius 3 is 2.56 bits per heavy atom. The van der Waals surface area contributed by atoms with E-state index in [0.29, 0.717) is 25.6 Å². The Bertz CT molecular complexity index is 777. The third kappa shape index (κ3) is 7.52. The molecule has 2 N–H and O–H groups in total. The minimum absolute atomic E-state index is 0.00193. The first-order valence-electron chi connectivity index (χ1n) is 13.0. The first-order valence-corrected chi connectivity index (χ1v) is 13.0. The van der Waals surface area contributed by atoms with Gasteiger partial charge in [-0.3, -0.25) is 4.79 Å². The molecule has 2 fully saturated rings. The molecule has 0 radical (unpaired) electrons. The Kier molecular flexibility index (Phi) is 10.3. The van der Waals surface area contributed by atoms with Crippen LogP contribution in [0.25, 0.3) is 0 Å². The zero-order chi connectivity index (χ0) is 24.3. The van der Waals surface area contributed by atoms with Crippen LogP contribution in [0, 0.1) is 11.8 Å². The number of ether oxygens (including phenoxy) is 1. The van der Waals surface area contributed by atoms with Crippen molar-refractivity contribution in [3.63, 3.8) is 0 Å². The van der Waals surface area contributed by atoms with Crippen molar-refractivity contribution < 1.29 is 14.3 Å². The number of methoxy groups -OCH3 is 1. The molecule has 0 aliphatic carbocycles. The number of nitrogens with zero attached hydrogens (tertiary/aromatic N) is 3. The van der Waals surface area contributed by atoms with Gasteiger partial charge in [0, 0.05) is 56.9 Å². The van der Waals surface area contributed by atoms with Crippen molar-refractivity contribution in [2.75, 3.05) is 70.9 Å². The quantitative estimate of drug-likeness (QED) is 0.484. The monoisotopic (exact) mass is 473 g/mol. The number of carbonyl (C=O) groups is 2. The van der Waals surface area contributed by atoms with Crippen LogP contribution in [0.2, 0.25) is 0 Å². The Labute approximate surface area is 205 Å². The van der Waals surface area contributed by atoms with Gasteiger partial charge in [-0.1, -0.05) is 19.9 Å². The molecule has 0 aromatic heterocycles. The van der Waals surface area contributed by atoms with Crippen LogP contribution in [0.5, 0.6) is 5.75 Å². The third-order valence-electron chi connectivity index (χ3n) is 7.24. The number of piperidine rings is 1. The number of likely N-dealkylation sites (tertiary alicyclic amines) is 1. The number of amides is 3. The van der Waals surface area contributed by atoms with Gasteiger partial charge in [0.25, 0.3) is 0 Å². The van der Waals surface area contributed by atoms with E-state index in [0.717, 1.165) is 70.7 Å². The molecule has 190 valence electrons. The van der Waals surface area contributed by atoms with Gasteiger partial charge in [-0.25, -0.2) is 4.79 Å². The highest BCUT2D eigenvalue weighted by Gasteiger charge is 2.28. The Balaban J connectivity index is 1.31. The van der Waals surface area contributed by atoms with Crippen molar-refractivity contribution in [1.82, 2.24) is 20.4 Å². The predicted octanol–water partition coefficient (Wildman–Crippen LogP) is 2.79. The molecule has 2 heterocycles. The van der Waals surface area contributed by atoms with Crippen molar-refractivity contribution in [2.24, 2.45) is 11.8 Å². The Morgan fingerprint density at radius 1 is 1.09 bits per heavy atom. The van der Waals surface area contributed by atoms with Gasteiger partial charge in [0.05, 0.1) is 7.11 Å². The largest absolute Gasteiger partial charge is 0.497 e. The molecule has 0 bridgehead atoms. The molecule has 0 spiro atoms. The topological polar surface area (TPSA) is 77.2 Å². The van der Waals surface area contributed by atoms with Crippen molar-refractivity contribution in [1.29, 1.82) is 0 Å². The lowest BCUT2D eigenvalue weighted by Gasteiger charge is -2.31. The van der Waals surface area contributed by atoms with E-state index in [2.05, 4.69) is 46.4 Å². The standard InChI is InChI=1S/C26H43N5O3/c1-4-29(5-2)14-7-13-27-25(32)22-11-16-30(17-12-22)26(33)28-19-21-10-15-31(20-21)23-8-6-9-24(18-23)34-3/h6,8-9,18,21-22H,4-5,7,10-17,19-20H2,1-3H3,(H,27,32)(H,28,33). The lowest BCUT2D eigenvalue weighted by atomic mass is 9.96. The van der Waals surface area contributed by atoms with Crippen LogP contribution in [0.1, 0.15) is 39.5 Å². The van der Waals surface area contributed by atoms with Gasteiger partial charge in [-0.15, -0.1) is 0 Å². The van der Waals surface area contributed by atoms with Gasteiger partial charge in [0.1, 0.15) is 5.75 Å². The molecule has 2 aliphatic rings. The fourth-order valence-corrected chi connectivity index (χ4v) is 4.93. The predicted molar refractivity (Wildman–Crippen MR) is 136 cm³/mol. The Morgan fingerprint density at radius 2 is 1.85 bits per heavy atom. The first-order chi connectivity index (χ1) is 16.5. The maximum atomic E-state index is 12.7. The highest BCUT2D eigenvalue weighted by Crippen LogP contribution is 2.26. The molecule has 8 heteroatoms. The molecule has 1 unspecified atom stereocenters. The highest BCUT2D eigenvalue weighted by atomic mass is 16.5.